The first-order valence-electron chi connectivity index (χ1n) is 7.77. The summed E-state index contributed by atoms with van der Waals surface area (Å²) in [6.45, 7) is 6.72. The highest BCUT2D eigenvalue weighted by Crippen LogP contribution is 2.28. The summed E-state index contributed by atoms with van der Waals surface area (Å²) in [6, 6.07) is 10.1. The van der Waals surface area contributed by atoms with E-state index in [0.717, 1.165) is 40.1 Å². The molecule has 1 heterocycles. The Morgan fingerprint density at radius 3 is 2.43 bits per heavy atom. The van der Waals surface area contributed by atoms with Crippen molar-refractivity contribution in [2.45, 2.75) is 39.5 Å². The van der Waals surface area contributed by atoms with Crippen molar-refractivity contribution in [2.75, 3.05) is 0 Å². The van der Waals surface area contributed by atoms with Gasteiger partial charge in [0.05, 0.1) is 5.75 Å². The first-order valence-corrected chi connectivity index (χ1v) is 9.04. The average Bonchev–Trinajstić information content (AvgIpc) is 2.49. The molecule has 4 nitrogen and oxygen atoms in total. The van der Waals surface area contributed by atoms with Crippen LogP contribution in [-0.2, 0) is 29.8 Å². The van der Waals surface area contributed by atoms with Gasteiger partial charge in [0, 0.05) is 17.9 Å². The van der Waals surface area contributed by atoms with E-state index in [4.69, 9.17) is 5.73 Å². The second-order valence-corrected chi connectivity index (χ2v) is 7.12. The fourth-order valence-corrected chi connectivity index (χ4v) is 3.28. The number of nitrogens with two attached hydrogens (primary N) is 1. The summed E-state index contributed by atoms with van der Waals surface area (Å²) in [5.74, 6) is 0.599. The molecule has 0 aliphatic rings. The fourth-order valence-electron chi connectivity index (χ4n) is 2.67. The van der Waals surface area contributed by atoms with Crippen LogP contribution in [0.3, 0.4) is 0 Å². The quantitative estimate of drug-likeness (QED) is 0.795. The number of aromatic nitrogens is 1. The molecule has 0 amide bonds. The molecule has 0 fully saturated rings. The van der Waals surface area contributed by atoms with Crippen LogP contribution < -0.4 is 5.73 Å². The molecule has 0 bridgehead atoms. The molecule has 1 aromatic heterocycles. The molecule has 5 heteroatoms. The Labute approximate surface area is 140 Å². The van der Waals surface area contributed by atoms with E-state index in [0.29, 0.717) is 12.5 Å². The Kier molecular flexibility index (Phi) is 6.04. The third-order valence-electron chi connectivity index (χ3n) is 3.77. The molecule has 3 N–H and O–H groups in total. The van der Waals surface area contributed by atoms with E-state index in [9.17, 15) is 8.76 Å². The van der Waals surface area contributed by atoms with Crippen LogP contribution in [0.15, 0.2) is 30.3 Å². The van der Waals surface area contributed by atoms with Crippen LogP contribution in [0.1, 0.15) is 36.4 Å². The third-order valence-corrected chi connectivity index (χ3v) is 4.31. The summed E-state index contributed by atoms with van der Waals surface area (Å²) in [6.07, 6.45) is 0.886. The van der Waals surface area contributed by atoms with Crippen LogP contribution in [0.5, 0.6) is 0 Å². The molecule has 0 spiro atoms. The number of aryl methyl sites for hydroxylation is 1. The van der Waals surface area contributed by atoms with Gasteiger partial charge in [-0.15, -0.1) is 0 Å². The van der Waals surface area contributed by atoms with Gasteiger partial charge < -0.3 is 10.3 Å². The minimum atomic E-state index is -1.89. The summed E-state index contributed by atoms with van der Waals surface area (Å²) in [4.78, 5) is 4.62. The van der Waals surface area contributed by atoms with Crippen LogP contribution in [0.25, 0.3) is 11.1 Å². The van der Waals surface area contributed by atoms with Crippen LogP contribution in [0.4, 0.5) is 0 Å². The summed E-state index contributed by atoms with van der Waals surface area (Å²) < 4.78 is 20.7. The molecule has 0 aliphatic heterocycles. The lowest BCUT2D eigenvalue weighted by Gasteiger charge is -2.15. The maximum absolute atomic E-state index is 11.3. The Balaban J connectivity index is 2.55. The first kappa shape index (κ1) is 17.8. The van der Waals surface area contributed by atoms with E-state index < -0.39 is 11.1 Å². The molecule has 1 aromatic carbocycles. The van der Waals surface area contributed by atoms with E-state index in [1.54, 1.807) is 0 Å². The zero-order chi connectivity index (χ0) is 17.0. The smallest absolute Gasteiger partial charge is 0.157 e. The maximum atomic E-state index is 11.3. The van der Waals surface area contributed by atoms with Crippen LogP contribution in [-0.4, -0.2) is 13.7 Å². The normalized spacial score (nSPS) is 12.6. The highest BCUT2D eigenvalue weighted by atomic mass is 32.2. The van der Waals surface area contributed by atoms with Crippen molar-refractivity contribution in [1.82, 2.24) is 4.98 Å². The molecular formula is C18H24N2O2S. The molecular weight excluding hydrogens is 308 g/mol. The lowest BCUT2D eigenvalue weighted by atomic mass is 9.96. The Morgan fingerprint density at radius 2 is 1.91 bits per heavy atom. The van der Waals surface area contributed by atoms with Gasteiger partial charge in [-0.05, 0) is 47.6 Å². The number of hydrogen-bond donors (Lipinski definition) is 2. The molecule has 23 heavy (non-hydrogen) atoms. The molecule has 0 radical (unpaired) electrons. The van der Waals surface area contributed by atoms with Gasteiger partial charge in [-0.25, -0.2) is 4.21 Å². The predicted molar refractivity (Wildman–Crippen MR) is 95.3 cm³/mol. The van der Waals surface area contributed by atoms with Crippen LogP contribution in [0, 0.1) is 12.8 Å². The lowest BCUT2D eigenvalue weighted by molar-refractivity contribution is 0.563. The predicted octanol–water partition coefficient (Wildman–Crippen LogP) is 3.44. The highest BCUT2D eigenvalue weighted by molar-refractivity contribution is 7.78. The van der Waals surface area contributed by atoms with Crippen LogP contribution >= 0.6 is 0 Å². The second-order valence-electron chi connectivity index (χ2n) is 6.19. The molecule has 0 saturated heterocycles. The van der Waals surface area contributed by atoms with E-state index in [-0.39, 0.29) is 5.75 Å². The Morgan fingerprint density at radius 1 is 1.26 bits per heavy atom. The van der Waals surface area contributed by atoms with Crippen LogP contribution in [0.2, 0.25) is 0 Å². The molecule has 0 aliphatic carbocycles. The number of benzene rings is 1. The van der Waals surface area contributed by atoms with Gasteiger partial charge in [0.25, 0.3) is 0 Å². The topological polar surface area (TPSA) is 76.2 Å². The lowest BCUT2D eigenvalue weighted by Crippen LogP contribution is -2.06. The van der Waals surface area contributed by atoms with Crippen molar-refractivity contribution >= 4 is 11.1 Å². The van der Waals surface area contributed by atoms with E-state index in [2.05, 4.69) is 18.8 Å². The van der Waals surface area contributed by atoms with Crippen molar-refractivity contribution in [2.24, 2.45) is 11.7 Å². The van der Waals surface area contributed by atoms with Gasteiger partial charge in [0.15, 0.2) is 11.1 Å². The highest BCUT2D eigenvalue weighted by Gasteiger charge is 2.14. The molecule has 0 saturated carbocycles. The largest absolute Gasteiger partial charge is 0.326 e. The zero-order valence-electron chi connectivity index (χ0n) is 13.9. The summed E-state index contributed by atoms with van der Waals surface area (Å²) >= 11 is -1.89. The average molecular weight is 332 g/mol. The number of nitrogens with zero attached hydrogens (tertiary/aromatic N) is 1. The standard InChI is InChI=1S/C18H24N2O2S/c1-12(2)8-16-9-17(15-6-4-14(10-19)5-7-15)18(11-23(21)22)13(3)20-16/h4-7,9,12H,8,10-11,19H2,1-3H3,(H,21,22). The molecule has 124 valence electrons. The van der Waals surface area contributed by atoms with Gasteiger partial charge >= 0.3 is 0 Å². The SMILES string of the molecule is Cc1nc(CC(C)C)cc(-c2ccc(CN)cc2)c1CS(=O)O. The van der Waals surface area contributed by atoms with Crippen molar-refractivity contribution < 1.29 is 8.76 Å². The van der Waals surface area contributed by atoms with E-state index in [1.165, 1.54) is 0 Å². The van der Waals surface area contributed by atoms with Gasteiger partial charge in [0.1, 0.15) is 0 Å². The summed E-state index contributed by atoms with van der Waals surface area (Å²) in [5.41, 5.74) is 11.4. The van der Waals surface area contributed by atoms with Crippen molar-refractivity contribution in [3.8, 4) is 11.1 Å². The number of hydrogen-bond acceptors (Lipinski definition) is 3. The first-order chi connectivity index (χ1) is 10.9. The fraction of sp³-hybridized carbons (Fsp3) is 0.389. The second kappa shape index (κ2) is 7.81. The van der Waals surface area contributed by atoms with Gasteiger partial charge in [-0.3, -0.25) is 4.98 Å². The van der Waals surface area contributed by atoms with Gasteiger partial charge in [-0.2, -0.15) is 0 Å². The molecule has 1 unspecified atom stereocenters. The number of pyridine rings is 1. The summed E-state index contributed by atoms with van der Waals surface area (Å²) in [7, 11) is 0. The van der Waals surface area contributed by atoms with Crippen molar-refractivity contribution in [3.63, 3.8) is 0 Å². The minimum Gasteiger partial charge on any atom is -0.326 e. The van der Waals surface area contributed by atoms with Crippen molar-refractivity contribution in [3.05, 3.63) is 52.8 Å². The Bertz CT molecular complexity index is 697. The van der Waals surface area contributed by atoms with E-state index in [1.807, 2.05) is 37.3 Å². The minimum absolute atomic E-state index is 0.0920. The number of rotatable bonds is 6. The third kappa shape index (κ3) is 4.70. The Hall–Kier alpha value is -1.56. The molecule has 2 rings (SSSR count). The van der Waals surface area contributed by atoms with Crippen molar-refractivity contribution in [1.29, 1.82) is 0 Å². The van der Waals surface area contributed by atoms with E-state index >= 15 is 0 Å². The van der Waals surface area contributed by atoms with Gasteiger partial charge in [0.2, 0.25) is 0 Å². The summed E-state index contributed by atoms with van der Waals surface area (Å²) in [5, 5.41) is 0. The monoisotopic (exact) mass is 332 g/mol. The maximum Gasteiger partial charge on any atom is 0.157 e. The molecule has 1 atom stereocenters. The molecule has 2 aromatic rings. The van der Waals surface area contributed by atoms with Gasteiger partial charge in [-0.1, -0.05) is 38.1 Å². The zero-order valence-corrected chi connectivity index (χ0v) is 14.7.